The number of rotatable bonds is 6. The zero-order valence-corrected chi connectivity index (χ0v) is 15.5. The summed E-state index contributed by atoms with van der Waals surface area (Å²) in [7, 11) is 0. The van der Waals surface area contributed by atoms with E-state index in [-0.39, 0.29) is 29.9 Å². The highest BCUT2D eigenvalue weighted by Crippen LogP contribution is 2.18. The van der Waals surface area contributed by atoms with Crippen molar-refractivity contribution in [3.63, 3.8) is 0 Å². The van der Waals surface area contributed by atoms with Gasteiger partial charge in [0.25, 0.3) is 5.91 Å². The number of guanidine groups is 1. The predicted octanol–water partition coefficient (Wildman–Crippen LogP) is 1.52. The predicted molar refractivity (Wildman–Crippen MR) is 96.7 cm³/mol. The molecule has 6 nitrogen and oxygen atoms in total. The third-order valence-corrected chi connectivity index (χ3v) is 3.81. The Morgan fingerprint density at radius 2 is 2.24 bits per heavy atom. The van der Waals surface area contributed by atoms with Gasteiger partial charge in [-0.25, -0.2) is 4.98 Å². The highest BCUT2D eigenvalue weighted by Gasteiger charge is 2.21. The van der Waals surface area contributed by atoms with E-state index in [1.54, 1.807) is 5.51 Å². The SMILES string of the molecule is CCNC(=NCCNC(=O)c1scnc1C)NC1CC1.I. The van der Waals surface area contributed by atoms with Gasteiger partial charge in [0.2, 0.25) is 0 Å². The molecule has 0 bridgehead atoms. The first kappa shape index (κ1) is 18.1. The maximum Gasteiger partial charge on any atom is 0.263 e. The maximum atomic E-state index is 11.9. The first-order chi connectivity index (χ1) is 9.70. The van der Waals surface area contributed by atoms with Crippen LogP contribution in [0.1, 0.15) is 35.1 Å². The van der Waals surface area contributed by atoms with Crippen LogP contribution in [0.4, 0.5) is 0 Å². The van der Waals surface area contributed by atoms with Crippen molar-refractivity contribution in [3.05, 3.63) is 16.1 Å². The Kier molecular flexibility index (Phi) is 7.94. The van der Waals surface area contributed by atoms with E-state index in [2.05, 4.69) is 25.9 Å². The van der Waals surface area contributed by atoms with Crippen molar-refractivity contribution in [2.45, 2.75) is 32.7 Å². The number of nitrogens with zero attached hydrogens (tertiary/aromatic N) is 2. The molecule has 0 saturated heterocycles. The second-order valence-corrected chi connectivity index (χ2v) is 5.56. The summed E-state index contributed by atoms with van der Waals surface area (Å²) in [6, 6.07) is 0.572. The number of nitrogens with one attached hydrogen (secondary N) is 3. The number of aromatic nitrogens is 1. The van der Waals surface area contributed by atoms with Gasteiger partial charge in [-0.3, -0.25) is 9.79 Å². The summed E-state index contributed by atoms with van der Waals surface area (Å²) in [5.74, 6) is 0.763. The largest absolute Gasteiger partial charge is 0.357 e. The summed E-state index contributed by atoms with van der Waals surface area (Å²) in [6.07, 6.45) is 2.43. The summed E-state index contributed by atoms with van der Waals surface area (Å²) >= 11 is 1.36. The Balaban J connectivity index is 0.00000220. The van der Waals surface area contributed by atoms with Crippen LogP contribution in [0, 0.1) is 6.92 Å². The smallest absolute Gasteiger partial charge is 0.263 e. The van der Waals surface area contributed by atoms with E-state index in [1.807, 2.05) is 13.8 Å². The molecule has 1 heterocycles. The minimum absolute atomic E-state index is 0. The van der Waals surface area contributed by atoms with Gasteiger partial charge in [0.15, 0.2) is 5.96 Å². The van der Waals surface area contributed by atoms with Gasteiger partial charge in [0.05, 0.1) is 17.7 Å². The molecule has 1 saturated carbocycles. The van der Waals surface area contributed by atoms with Gasteiger partial charge in [0, 0.05) is 19.1 Å². The Hall–Kier alpha value is -0.900. The molecule has 2 rings (SSSR count). The average molecular weight is 423 g/mol. The molecule has 0 aromatic carbocycles. The fraction of sp³-hybridized carbons (Fsp3) is 0.615. The van der Waals surface area contributed by atoms with E-state index < -0.39 is 0 Å². The fourth-order valence-electron chi connectivity index (χ4n) is 1.68. The third kappa shape index (κ3) is 6.16. The minimum Gasteiger partial charge on any atom is -0.357 e. The Labute approximate surface area is 146 Å². The normalized spacial score (nSPS) is 14.3. The number of amides is 1. The molecule has 1 aliphatic carbocycles. The highest BCUT2D eigenvalue weighted by molar-refractivity contribution is 14.0. The number of aliphatic imine (C=N–C) groups is 1. The number of thiazole rings is 1. The van der Waals surface area contributed by atoms with Gasteiger partial charge in [-0.2, -0.15) is 0 Å². The lowest BCUT2D eigenvalue weighted by Gasteiger charge is -2.10. The van der Waals surface area contributed by atoms with Crippen molar-refractivity contribution in [2.24, 2.45) is 4.99 Å². The summed E-state index contributed by atoms with van der Waals surface area (Å²) < 4.78 is 0. The van der Waals surface area contributed by atoms with E-state index in [0.29, 0.717) is 24.0 Å². The Morgan fingerprint density at radius 1 is 1.48 bits per heavy atom. The van der Waals surface area contributed by atoms with Crippen molar-refractivity contribution >= 4 is 47.2 Å². The third-order valence-electron chi connectivity index (χ3n) is 2.88. The van der Waals surface area contributed by atoms with Gasteiger partial charge in [-0.05, 0) is 26.7 Å². The molecule has 0 aliphatic heterocycles. The molecule has 8 heteroatoms. The molecule has 1 fully saturated rings. The molecule has 0 radical (unpaired) electrons. The standard InChI is InChI=1S/C13H21N5OS.HI/c1-3-14-13(18-10-4-5-10)16-7-6-15-12(19)11-9(2)17-8-20-11;/h8,10H,3-7H2,1-2H3,(H,15,19)(H2,14,16,18);1H. The maximum absolute atomic E-state index is 11.9. The van der Waals surface area contributed by atoms with E-state index in [4.69, 9.17) is 0 Å². The fourth-order valence-corrected chi connectivity index (χ4v) is 2.40. The second kappa shape index (κ2) is 9.19. The molecule has 3 N–H and O–H groups in total. The first-order valence-electron chi connectivity index (χ1n) is 6.93. The van der Waals surface area contributed by atoms with E-state index in [0.717, 1.165) is 18.2 Å². The van der Waals surface area contributed by atoms with E-state index in [1.165, 1.54) is 24.2 Å². The van der Waals surface area contributed by atoms with Crippen LogP contribution in [0.3, 0.4) is 0 Å². The van der Waals surface area contributed by atoms with Crippen LogP contribution in [-0.4, -0.2) is 42.5 Å². The molecule has 0 spiro atoms. The number of carbonyl (C=O) groups excluding carboxylic acids is 1. The van der Waals surface area contributed by atoms with E-state index in [9.17, 15) is 4.79 Å². The van der Waals surface area contributed by atoms with Crippen LogP contribution in [-0.2, 0) is 0 Å². The van der Waals surface area contributed by atoms with E-state index >= 15 is 0 Å². The first-order valence-corrected chi connectivity index (χ1v) is 7.81. The topological polar surface area (TPSA) is 78.4 Å². The summed E-state index contributed by atoms with van der Waals surface area (Å²) in [4.78, 5) is 21.0. The number of hydrogen-bond acceptors (Lipinski definition) is 4. The van der Waals surface area contributed by atoms with Crippen LogP contribution >= 0.6 is 35.3 Å². The van der Waals surface area contributed by atoms with Crippen LogP contribution in [0.5, 0.6) is 0 Å². The quantitative estimate of drug-likeness (QED) is 0.281. The van der Waals surface area contributed by atoms with Crippen molar-refractivity contribution in [2.75, 3.05) is 19.6 Å². The molecule has 118 valence electrons. The number of hydrogen-bond donors (Lipinski definition) is 3. The van der Waals surface area contributed by atoms with Crippen LogP contribution in [0.15, 0.2) is 10.5 Å². The minimum atomic E-state index is -0.0691. The van der Waals surface area contributed by atoms with Crippen molar-refractivity contribution in [1.82, 2.24) is 20.9 Å². The van der Waals surface area contributed by atoms with Gasteiger partial charge in [-0.1, -0.05) is 0 Å². The van der Waals surface area contributed by atoms with Crippen molar-refractivity contribution in [1.29, 1.82) is 0 Å². The molecule has 0 unspecified atom stereocenters. The second-order valence-electron chi connectivity index (χ2n) is 4.70. The summed E-state index contributed by atoms with van der Waals surface area (Å²) in [6.45, 7) is 5.80. The molecule has 0 atom stereocenters. The summed E-state index contributed by atoms with van der Waals surface area (Å²) in [5, 5.41) is 9.39. The number of aryl methyl sites for hydroxylation is 1. The van der Waals surface area contributed by atoms with Crippen LogP contribution in [0.25, 0.3) is 0 Å². The van der Waals surface area contributed by atoms with Crippen LogP contribution in [0.2, 0.25) is 0 Å². The molecular formula is C13H22IN5OS. The molecule has 1 amide bonds. The highest BCUT2D eigenvalue weighted by atomic mass is 127. The number of carbonyl (C=O) groups is 1. The molecule has 1 aromatic heterocycles. The lowest BCUT2D eigenvalue weighted by atomic mass is 10.4. The Bertz CT molecular complexity index is 487. The van der Waals surface area contributed by atoms with Crippen molar-refractivity contribution < 1.29 is 4.79 Å². The van der Waals surface area contributed by atoms with Gasteiger partial charge in [0.1, 0.15) is 4.88 Å². The molecule has 1 aromatic rings. The lowest BCUT2D eigenvalue weighted by Crippen LogP contribution is -2.39. The lowest BCUT2D eigenvalue weighted by molar-refractivity contribution is 0.0958. The van der Waals surface area contributed by atoms with Crippen molar-refractivity contribution in [3.8, 4) is 0 Å². The van der Waals surface area contributed by atoms with Gasteiger partial charge < -0.3 is 16.0 Å². The van der Waals surface area contributed by atoms with Crippen LogP contribution < -0.4 is 16.0 Å². The van der Waals surface area contributed by atoms with Gasteiger partial charge >= 0.3 is 0 Å². The molecule has 1 aliphatic rings. The molecule has 21 heavy (non-hydrogen) atoms. The Morgan fingerprint density at radius 3 is 2.81 bits per heavy atom. The average Bonchev–Trinajstić information content (AvgIpc) is 3.13. The zero-order valence-electron chi connectivity index (χ0n) is 12.3. The zero-order chi connectivity index (χ0) is 14.4. The molecular weight excluding hydrogens is 401 g/mol. The number of halogens is 1. The monoisotopic (exact) mass is 423 g/mol. The van der Waals surface area contributed by atoms with Gasteiger partial charge in [-0.15, -0.1) is 35.3 Å². The summed E-state index contributed by atoms with van der Waals surface area (Å²) in [5.41, 5.74) is 2.46.